The lowest BCUT2D eigenvalue weighted by Gasteiger charge is -2.22. The van der Waals surface area contributed by atoms with Crippen molar-refractivity contribution in [3.05, 3.63) is 34.3 Å². The Hall–Kier alpha value is -1.07. The highest BCUT2D eigenvalue weighted by Crippen LogP contribution is 2.17. The van der Waals surface area contributed by atoms with E-state index in [1.807, 2.05) is 25.2 Å². The average molecular weight is 314 g/mol. The Kier molecular flexibility index (Phi) is 6.75. The first-order valence-electron chi connectivity index (χ1n) is 5.83. The van der Waals surface area contributed by atoms with Crippen molar-refractivity contribution in [1.82, 2.24) is 10.2 Å². The zero-order chi connectivity index (χ0) is 13.4. The lowest BCUT2D eigenvalue weighted by atomic mass is 10.2. The maximum Gasteiger partial charge on any atom is 0.193 e. The zero-order valence-corrected chi connectivity index (χ0v) is 12.7. The van der Waals surface area contributed by atoms with Crippen molar-refractivity contribution >= 4 is 21.9 Å². The highest BCUT2D eigenvalue weighted by atomic mass is 79.9. The molecule has 1 N–H and O–H groups in total. The van der Waals surface area contributed by atoms with E-state index in [9.17, 15) is 0 Å². The minimum absolute atomic E-state index is 0.669. The molecule has 0 saturated heterocycles. The van der Waals surface area contributed by atoms with E-state index in [0.717, 1.165) is 23.5 Å². The molecule has 0 bridgehead atoms. The second-order valence-electron chi connectivity index (χ2n) is 3.91. The van der Waals surface area contributed by atoms with Crippen LogP contribution in [0.2, 0.25) is 0 Å². The summed E-state index contributed by atoms with van der Waals surface area (Å²) in [5, 5.41) is 3.25. The molecule has 0 aliphatic heterocycles. The zero-order valence-electron chi connectivity index (χ0n) is 11.1. The Labute approximate surface area is 117 Å². The molecule has 0 aliphatic carbocycles. The fraction of sp³-hybridized carbons (Fsp3) is 0.462. The molecule has 0 aromatic heterocycles. The third-order valence-corrected chi connectivity index (χ3v) is 3.30. The number of guanidine groups is 1. The lowest BCUT2D eigenvalue weighted by molar-refractivity contribution is 0.203. The molecular weight excluding hydrogens is 294 g/mol. The van der Waals surface area contributed by atoms with Gasteiger partial charge in [0, 0.05) is 38.8 Å². The topological polar surface area (TPSA) is 36.9 Å². The molecule has 18 heavy (non-hydrogen) atoms. The van der Waals surface area contributed by atoms with E-state index < -0.39 is 0 Å². The smallest absolute Gasteiger partial charge is 0.193 e. The molecule has 1 aromatic rings. The van der Waals surface area contributed by atoms with Gasteiger partial charge in [0.1, 0.15) is 0 Å². The predicted octanol–water partition coefficient (Wildman–Crippen LogP) is 2.10. The van der Waals surface area contributed by atoms with E-state index in [0.29, 0.717) is 6.61 Å². The van der Waals surface area contributed by atoms with E-state index in [1.54, 1.807) is 14.2 Å². The largest absolute Gasteiger partial charge is 0.383 e. The number of aliphatic imine (C=N–C) groups is 1. The van der Waals surface area contributed by atoms with Crippen molar-refractivity contribution in [2.75, 3.05) is 34.4 Å². The van der Waals surface area contributed by atoms with Crippen LogP contribution in [-0.2, 0) is 11.3 Å². The van der Waals surface area contributed by atoms with Crippen molar-refractivity contribution in [3.63, 3.8) is 0 Å². The summed E-state index contributed by atoms with van der Waals surface area (Å²) < 4.78 is 6.13. The minimum Gasteiger partial charge on any atom is -0.383 e. The van der Waals surface area contributed by atoms with Crippen molar-refractivity contribution < 1.29 is 4.74 Å². The van der Waals surface area contributed by atoms with E-state index in [2.05, 4.69) is 37.2 Å². The van der Waals surface area contributed by atoms with Gasteiger partial charge >= 0.3 is 0 Å². The maximum atomic E-state index is 5.01. The van der Waals surface area contributed by atoms with Gasteiger partial charge in [-0.2, -0.15) is 0 Å². The number of halogens is 1. The number of nitrogens with one attached hydrogen (secondary N) is 1. The van der Waals surface area contributed by atoms with Crippen LogP contribution in [0.3, 0.4) is 0 Å². The standard InChI is InChI=1S/C13H20BrN3O/c1-15-13(16-8-9-18-3)17(2)10-11-6-4-5-7-12(11)14/h4-7H,8-10H2,1-3H3,(H,15,16). The molecule has 1 aromatic carbocycles. The summed E-state index contributed by atoms with van der Waals surface area (Å²) in [5.74, 6) is 0.864. The summed E-state index contributed by atoms with van der Waals surface area (Å²) in [5.41, 5.74) is 1.23. The van der Waals surface area contributed by atoms with E-state index in [4.69, 9.17) is 4.74 Å². The molecule has 0 atom stereocenters. The third-order valence-electron chi connectivity index (χ3n) is 2.53. The Morgan fingerprint density at radius 1 is 1.44 bits per heavy atom. The molecule has 0 spiro atoms. The molecule has 100 valence electrons. The van der Waals surface area contributed by atoms with Crippen LogP contribution in [0.4, 0.5) is 0 Å². The van der Waals surface area contributed by atoms with Crippen molar-refractivity contribution in [2.24, 2.45) is 4.99 Å². The fourth-order valence-electron chi connectivity index (χ4n) is 1.61. The van der Waals surface area contributed by atoms with Gasteiger partial charge < -0.3 is 15.0 Å². The van der Waals surface area contributed by atoms with Gasteiger partial charge in [-0.3, -0.25) is 4.99 Å². The number of rotatable bonds is 5. The summed E-state index contributed by atoms with van der Waals surface area (Å²) in [4.78, 5) is 6.33. The first kappa shape index (κ1) is 15.0. The second-order valence-corrected chi connectivity index (χ2v) is 4.77. The molecule has 0 fully saturated rings. The SMILES string of the molecule is CN=C(NCCOC)N(C)Cc1ccccc1Br. The summed E-state index contributed by atoms with van der Waals surface area (Å²) in [6, 6.07) is 8.20. The number of hydrogen-bond acceptors (Lipinski definition) is 2. The number of methoxy groups -OCH3 is 1. The lowest BCUT2D eigenvalue weighted by Crippen LogP contribution is -2.39. The first-order chi connectivity index (χ1) is 8.69. The Morgan fingerprint density at radius 2 is 2.17 bits per heavy atom. The Morgan fingerprint density at radius 3 is 2.78 bits per heavy atom. The highest BCUT2D eigenvalue weighted by Gasteiger charge is 2.07. The fourth-order valence-corrected chi connectivity index (χ4v) is 2.02. The summed E-state index contributed by atoms with van der Waals surface area (Å²) in [6.07, 6.45) is 0. The van der Waals surface area contributed by atoms with Gasteiger partial charge in [0.2, 0.25) is 0 Å². The van der Waals surface area contributed by atoms with Crippen LogP contribution in [0.25, 0.3) is 0 Å². The molecule has 0 aliphatic rings. The number of hydrogen-bond donors (Lipinski definition) is 1. The molecule has 0 radical (unpaired) electrons. The Balaban J connectivity index is 2.58. The van der Waals surface area contributed by atoms with Crippen LogP contribution < -0.4 is 5.32 Å². The van der Waals surface area contributed by atoms with Gasteiger partial charge in [-0.05, 0) is 11.6 Å². The van der Waals surface area contributed by atoms with Gasteiger partial charge in [-0.1, -0.05) is 34.1 Å². The number of benzene rings is 1. The van der Waals surface area contributed by atoms with Gasteiger partial charge in [0.15, 0.2) is 5.96 Å². The van der Waals surface area contributed by atoms with E-state index in [-0.39, 0.29) is 0 Å². The average Bonchev–Trinajstić information content (AvgIpc) is 2.37. The summed E-state index contributed by atoms with van der Waals surface area (Å²) in [6.45, 7) is 2.22. The van der Waals surface area contributed by atoms with Crippen LogP contribution in [0.1, 0.15) is 5.56 Å². The number of nitrogens with zero attached hydrogens (tertiary/aromatic N) is 2. The molecule has 0 unspecified atom stereocenters. The van der Waals surface area contributed by atoms with E-state index in [1.165, 1.54) is 5.56 Å². The molecule has 0 amide bonds. The summed E-state index contributed by atoms with van der Waals surface area (Å²) in [7, 11) is 5.49. The van der Waals surface area contributed by atoms with Gasteiger partial charge in [0.25, 0.3) is 0 Å². The van der Waals surface area contributed by atoms with E-state index >= 15 is 0 Å². The molecule has 5 heteroatoms. The van der Waals surface area contributed by atoms with Crippen LogP contribution in [-0.4, -0.2) is 45.2 Å². The van der Waals surface area contributed by atoms with Crippen LogP contribution in [0.15, 0.2) is 33.7 Å². The maximum absolute atomic E-state index is 5.01. The van der Waals surface area contributed by atoms with Gasteiger partial charge in [-0.15, -0.1) is 0 Å². The monoisotopic (exact) mass is 313 g/mol. The Bertz CT molecular complexity index is 396. The second kappa shape index (κ2) is 8.11. The molecule has 4 nitrogen and oxygen atoms in total. The predicted molar refractivity (Wildman–Crippen MR) is 78.8 cm³/mol. The quantitative estimate of drug-likeness (QED) is 0.514. The molecule has 0 heterocycles. The van der Waals surface area contributed by atoms with Crippen molar-refractivity contribution in [1.29, 1.82) is 0 Å². The molecule has 1 rings (SSSR count). The van der Waals surface area contributed by atoms with Crippen LogP contribution in [0.5, 0.6) is 0 Å². The van der Waals surface area contributed by atoms with Gasteiger partial charge in [-0.25, -0.2) is 0 Å². The van der Waals surface area contributed by atoms with Crippen molar-refractivity contribution in [3.8, 4) is 0 Å². The highest BCUT2D eigenvalue weighted by molar-refractivity contribution is 9.10. The normalized spacial score (nSPS) is 11.4. The third kappa shape index (κ3) is 4.66. The van der Waals surface area contributed by atoms with Crippen LogP contribution in [0, 0.1) is 0 Å². The molecule has 0 saturated carbocycles. The minimum atomic E-state index is 0.669. The first-order valence-corrected chi connectivity index (χ1v) is 6.62. The van der Waals surface area contributed by atoms with Crippen LogP contribution >= 0.6 is 15.9 Å². The van der Waals surface area contributed by atoms with Gasteiger partial charge in [0.05, 0.1) is 6.61 Å². The molecular formula is C13H20BrN3O. The number of ether oxygens (including phenoxy) is 1. The van der Waals surface area contributed by atoms with Crippen molar-refractivity contribution in [2.45, 2.75) is 6.54 Å². The summed E-state index contributed by atoms with van der Waals surface area (Å²) >= 11 is 3.55.